The van der Waals surface area contributed by atoms with Gasteiger partial charge in [-0.1, -0.05) is 44.5 Å². The summed E-state index contributed by atoms with van der Waals surface area (Å²) in [6.07, 6.45) is 2.87. The van der Waals surface area contributed by atoms with Crippen LogP contribution in [-0.2, 0) is 15.4 Å². The van der Waals surface area contributed by atoms with E-state index < -0.39 is 15.8 Å². The molecule has 3 aromatic rings. The molecule has 0 fully saturated rings. The van der Waals surface area contributed by atoms with E-state index in [0.29, 0.717) is 5.02 Å². The second-order valence-electron chi connectivity index (χ2n) is 7.47. The molecule has 29 heavy (non-hydrogen) atoms. The molecule has 0 radical (unpaired) electrons. The number of hydrogen-bond donors (Lipinski definition) is 1. The summed E-state index contributed by atoms with van der Waals surface area (Å²) in [5.74, 6) is -0.585. The van der Waals surface area contributed by atoms with Gasteiger partial charge in [-0.05, 0) is 47.4 Å². The Morgan fingerprint density at radius 3 is 2.21 bits per heavy atom. The molecule has 8 heteroatoms. The highest BCUT2D eigenvalue weighted by molar-refractivity contribution is 7.92. The molecule has 0 atom stereocenters. The molecule has 3 rings (SSSR count). The summed E-state index contributed by atoms with van der Waals surface area (Å²) in [5, 5.41) is 0.293. The fourth-order valence-corrected chi connectivity index (χ4v) is 3.92. The molecule has 0 bridgehead atoms. The number of ketones is 1. The van der Waals surface area contributed by atoms with Crippen LogP contribution in [0.4, 0.5) is 5.69 Å². The summed E-state index contributed by atoms with van der Waals surface area (Å²) >= 11 is 6.03. The van der Waals surface area contributed by atoms with E-state index in [1.54, 1.807) is 30.3 Å². The monoisotopic (exact) mass is 429 g/mol. The first-order valence-electron chi connectivity index (χ1n) is 8.82. The van der Waals surface area contributed by atoms with Crippen LogP contribution >= 0.6 is 11.6 Å². The number of sulfonamides is 1. The molecule has 0 aliphatic carbocycles. The zero-order chi connectivity index (χ0) is 21.2. The molecule has 1 N–H and O–H groups in total. The third-order valence-electron chi connectivity index (χ3n) is 4.27. The van der Waals surface area contributed by atoms with Crippen LogP contribution in [0.5, 0.6) is 0 Å². The fourth-order valence-electron chi connectivity index (χ4n) is 2.67. The van der Waals surface area contributed by atoms with Crippen molar-refractivity contribution in [2.45, 2.75) is 31.1 Å². The van der Waals surface area contributed by atoms with Crippen LogP contribution in [0.2, 0.25) is 5.02 Å². The van der Waals surface area contributed by atoms with E-state index in [1.165, 1.54) is 30.6 Å². The Balaban J connectivity index is 1.96. The molecule has 0 saturated heterocycles. The van der Waals surface area contributed by atoms with Crippen LogP contribution in [0.25, 0.3) is 0 Å². The van der Waals surface area contributed by atoms with Crippen molar-refractivity contribution in [2.75, 3.05) is 4.72 Å². The van der Waals surface area contributed by atoms with Gasteiger partial charge in [-0.15, -0.1) is 0 Å². The number of rotatable bonds is 5. The standard InChI is InChI=1S/C21H20ClN3O3S/c1-21(2,3)14-5-8-16(9-6-14)29(27,28)25-18-10-7-15(22)13-17(18)19(26)20-23-11-4-12-24-20/h4-13,25H,1-3H3. The van der Waals surface area contributed by atoms with E-state index >= 15 is 0 Å². The number of nitrogens with one attached hydrogen (secondary N) is 1. The van der Waals surface area contributed by atoms with Crippen LogP contribution in [0.15, 0.2) is 65.8 Å². The van der Waals surface area contributed by atoms with Gasteiger partial charge in [-0.2, -0.15) is 0 Å². The minimum Gasteiger partial charge on any atom is -0.285 e. The number of anilines is 1. The van der Waals surface area contributed by atoms with E-state index in [4.69, 9.17) is 11.6 Å². The predicted molar refractivity (Wildman–Crippen MR) is 113 cm³/mol. The largest absolute Gasteiger partial charge is 0.285 e. The highest BCUT2D eigenvalue weighted by Crippen LogP contribution is 2.27. The molecule has 1 heterocycles. The Hall–Kier alpha value is -2.77. The number of halogens is 1. The van der Waals surface area contributed by atoms with Gasteiger partial charge < -0.3 is 0 Å². The van der Waals surface area contributed by atoms with Crippen LogP contribution in [0.3, 0.4) is 0 Å². The Morgan fingerprint density at radius 1 is 1.00 bits per heavy atom. The van der Waals surface area contributed by atoms with Crippen molar-refractivity contribution in [1.29, 1.82) is 0 Å². The van der Waals surface area contributed by atoms with Gasteiger partial charge in [0.05, 0.1) is 16.1 Å². The molecule has 2 aromatic carbocycles. The molecule has 150 valence electrons. The predicted octanol–water partition coefficient (Wildman–Crippen LogP) is 4.46. The summed E-state index contributed by atoms with van der Waals surface area (Å²) in [7, 11) is -3.91. The summed E-state index contributed by atoms with van der Waals surface area (Å²) in [5.41, 5.74) is 1.09. The summed E-state index contributed by atoms with van der Waals surface area (Å²) < 4.78 is 28.2. The smallest absolute Gasteiger partial charge is 0.261 e. The third kappa shape index (κ3) is 4.81. The zero-order valence-corrected chi connectivity index (χ0v) is 17.8. The first-order chi connectivity index (χ1) is 13.6. The second kappa shape index (κ2) is 7.93. The average molecular weight is 430 g/mol. The minimum atomic E-state index is -3.91. The third-order valence-corrected chi connectivity index (χ3v) is 5.89. The molecule has 0 saturated carbocycles. The maximum Gasteiger partial charge on any atom is 0.261 e. The summed E-state index contributed by atoms with van der Waals surface area (Å²) in [6, 6.07) is 12.6. The van der Waals surface area contributed by atoms with Crippen LogP contribution < -0.4 is 4.72 Å². The van der Waals surface area contributed by atoms with E-state index in [2.05, 4.69) is 14.7 Å². The van der Waals surface area contributed by atoms with Gasteiger partial charge >= 0.3 is 0 Å². The molecular formula is C21H20ClN3O3S. The van der Waals surface area contributed by atoms with Gasteiger partial charge in [0.1, 0.15) is 0 Å². The molecule has 1 aromatic heterocycles. The van der Waals surface area contributed by atoms with Gasteiger partial charge in [-0.3, -0.25) is 9.52 Å². The molecule has 0 aliphatic rings. The van der Waals surface area contributed by atoms with Crippen LogP contribution in [-0.4, -0.2) is 24.2 Å². The summed E-state index contributed by atoms with van der Waals surface area (Å²) in [4.78, 5) is 20.7. The number of carbonyl (C=O) groups excluding carboxylic acids is 1. The first-order valence-corrected chi connectivity index (χ1v) is 10.7. The normalized spacial score (nSPS) is 11.9. The number of benzene rings is 2. The maximum absolute atomic E-state index is 12.9. The molecule has 0 unspecified atom stereocenters. The van der Waals surface area contributed by atoms with Gasteiger partial charge in [-0.25, -0.2) is 18.4 Å². The average Bonchev–Trinajstić information content (AvgIpc) is 2.69. The van der Waals surface area contributed by atoms with Crippen molar-refractivity contribution in [3.05, 3.63) is 82.9 Å². The fraction of sp³-hybridized carbons (Fsp3) is 0.190. The SMILES string of the molecule is CC(C)(C)c1ccc(S(=O)(=O)Nc2ccc(Cl)cc2C(=O)c2ncccn2)cc1. The van der Waals surface area contributed by atoms with Gasteiger partial charge in [0, 0.05) is 17.4 Å². The minimum absolute atomic E-state index is 0.0512. The lowest BCUT2D eigenvalue weighted by molar-refractivity contribution is 0.103. The highest BCUT2D eigenvalue weighted by atomic mass is 35.5. The maximum atomic E-state index is 12.9. The molecular weight excluding hydrogens is 410 g/mol. The van der Waals surface area contributed by atoms with Gasteiger partial charge in [0.25, 0.3) is 10.0 Å². The molecule has 6 nitrogen and oxygen atoms in total. The lowest BCUT2D eigenvalue weighted by Gasteiger charge is -2.19. The van der Waals surface area contributed by atoms with Crippen LogP contribution in [0, 0.1) is 0 Å². The van der Waals surface area contributed by atoms with Crippen molar-refractivity contribution < 1.29 is 13.2 Å². The van der Waals surface area contributed by atoms with E-state index in [1.807, 2.05) is 20.8 Å². The van der Waals surface area contributed by atoms with E-state index in [0.717, 1.165) is 5.56 Å². The van der Waals surface area contributed by atoms with Crippen molar-refractivity contribution in [1.82, 2.24) is 9.97 Å². The Labute approximate surface area is 175 Å². The summed E-state index contributed by atoms with van der Waals surface area (Å²) in [6.45, 7) is 6.14. The quantitative estimate of drug-likeness (QED) is 0.605. The highest BCUT2D eigenvalue weighted by Gasteiger charge is 2.22. The molecule has 0 spiro atoms. The van der Waals surface area contributed by atoms with Crippen molar-refractivity contribution >= 4 is 33.1 Å². The first kappa shape index (κ1) is 21.0. The topological polar surface area (TPSA) is 89.0 Å². The van der Waals surface area contributed by atoms with Crippen LogP contribution in [0.1, 0.15) is 42.5 Å². The lowest BCUT2D eigenvalue weighted by Crippen LogP contribution is -2.17. The van der Waals surface area contributed by atoms with E-state index in [9.17, 15) is 13.2 Å². The number of carbonyl (C=O) groups is 1. The number of hydrogen-bond acceptors (Lipinski definition) is 5. The zero-order valence-electron chi connectivity index (χ0n) is 16.2. The lowest BCUT2D eigenvalue weighted by atomic mass is 9.87. The van der Waals surface area contributed by atoms with Crippen molar-refractivity contribution in [3.63, 3.8) is 0 Å². The van der Waals surface area contributed by atoms with Crippen molar-refractivity contribution in [2.24, 2.45) is 0 Å². The molecule has 0 amide bonds. The molecule has 0 aliphatic heterocycles. The van der Waals surface area contributed by atoms with Gasteiger partial charge in [0.2, 0.25) is 11.6 Å². The number of aromatic nitrogens is 2. The Kier molecular flexibility index (Phi) is 5.73. The number of nitrogens with zero attached hydrogens (tertiary/aromatic N) is 2. The second-order valence-corrected chi connectivity index (χ2v) is 9.59. The van der Waals surface area contributed by atoms with Gasteiger partial charge in [0.15, 0.2) is 0 Å². The van der Waals surface area contributed by atoms with Crippen molar-refractivity contribution in [3.8, 4) is 0 Å². The Bertz CT molecular complexity index is 1140. The Morgan fingerprint density at radius 2 is 1.62 bits per heavy atom. The van der Waals surface area contributed by atoms with E-state index in [-0.39, 0.29) is 27.4 Å².